The molecule has 0 unspecified atom stereocenters. The molecule has 5 rings (SSSR count). The monoisotopic (exact) mass is 463 g/mol. The van der Waals surface area contributed by atoms with Gasteiger partial charge in [-0.15, -0.1) is 0 Å². The van der Waals surface area contributed by atoms with Gasteiger partial charge in [-0.25, -0.2) is 13.4 Å². The fraction of sp³-hybridized carbons (Fsp3) is 0.0833. The third-order valence-corrected chi connectivity index (χ3v) is 7.74. The smallest absolute Gasteiger partial charge is 0.265 e. The van der Waals surface area contributed by atoms with E-state index < -0.39 is 15.9 Å². The number of para-hydroxylation sites is 2. The van der Waals surface area contributed by atoms with Gasteiger partial charge in [-0.1, -0.05) is 48.0 Å². The van der Waals surface area contributed by atoms with E-state index in [2.05, 4.69) is 10.3 Å². The van der Waals surface area contributed by atoms with Crippen molar-refractivity contribution in [2.24, 2.45) is 0 Å². The number of anilines is 2. The molecule has 0 fully saturated rings. The summed E-state index contributed by atoms with van der Waals surface area (Å²) in [6, 6.07) is 22.7. The number of hydrogen-bond donors (Lipinski definition) is 1. The first-order valence-corrected chi connectivity index (χ1v) is 11.8. The van der Waals surface area contributed by atoms with Crippen LogP contribution in [0.3, 0.4) is 0 Å². The van der Waals surface area contributed by atoms with Crippen LogP contribution in [-0.4, -0.2) is 25.9 Å². The van der Waals surface area contributed by atoms with Crippen molar-refractivity contribution in [2.75, 3.05) is 16.2 Å². The fourth-order valence-electron chi connectivity index (χ4n) is 3.84. The number of rotatable bonds is 4. The zero-order chi connectivity index (χ0) is 22.3. The van der Waals surface area contributed by atoms with Gasteiger partial charge in [0.25, 0.3) is 15.9 Å². The van der Waals surface area contributed by atoms with Gasteiger partial charge in [0.15, 0.2) is 0 Å². The van der Waals surface area contributed by atoms with E-state index in [1.807, 2.05) is 42.5 Å². The number of fused-ring (bicyclic) bond motifs is 2. The van der Waals surface area contributed by atoms with Gasteiger partial charge in [-0.3, -0.25) is 9.10 Å². The summed E-state index contributed by atoms with van der Waals surface area (Å²) < 4.78 is 28.1. The molecular formula is C24H18ClN3O3S. The number of sulfonamides is 1. The molecule has 0 bridgehead atoms. The molecule has 0 saturated heterocycles. The molecule has 32 heavy (non-hydrogen) atoms. The molecule has 0 aliphatic carbocycles. The van der Waals surface area contributed by atoms with Crippen molar-refractivity contribution in [2.45, 2.75) is 11.3 Å². The molecule has 1 aromatic heterocycles. The summed E-state index contributed by atoms with van der Waals surface area (Å²) in [4.78, 5) is 17.2. The Morgan fingerprint density at radius 3 is 2.62 bits per heavy atom. The Bertz CT molecular complexity index is 1470. The van der Waals surface area contributed by atoms with Crippen molar-refractivity contribution < 1.29 is 13.2 Å². The third kappa shape index (κ3) is 3.59. The van der Waals surface area contributed by atoms with E-state index in [9.17, 15) is 13.2 Å². The number of hydrogen-bond acceptors (Lipinski definition) is 4. The summed E-state index contributed by atoms with van der Waals surface area (Å²) >= 11 is 6.27. The molecule has 6 nitrogen and oxygen atoms in total. The van der Waals surface area contributed by atoms with Crippen LogP contribution in [0.15, 0.2) is 83.8 Å². The van der Waals surface area contributed by atoms with Crippen LogP contribution < -0.4 is 9.62 Å². The highest BCUT2D eigenvalue weighted by molar-refractivity contribution is 7.93. The van der Waals surface area contributed by atoms with Crippen molar-refractivity contribution in [3.05, 3.63) is 95.0 Å². The van der Waals surface area contributed by atoms with E-state index in [4.69, 9.17) is 11.6 Å². The zero-order valence-corrected chi connectivity index (χ0v) is 18.4. The number of benzene rings is 3. The summed E-state index contributed by atoms with van der Waals surface area (Å²) in [6.07, 6.45) is 0.626. The molecule has 8 heteroatoms. The molecule has 1 aliphatic heterocycles. The van der Waals surface area contributed by atoms with Crippen molar-refractivity contribution in [3.8, 4) is 0 Å². The average molecular weight is 464 g/mol. The molecule has 0 atom stereocenters. The summed E-state index contributed by atoms with van der Waals surface area (Å²) in [6.45, 7) is 0.329. The largest absolute Gasteiger partial charge is 0.307 e. The standard InChI is InChI=1S/C24H18ClN3O3S/c25-19-11-9-18(24(29)27-23-12-10-16-5-1-3-7-20(16)26-23)15-22(19)32(30,31)28-14-13-17-6-2-4-8-21(17)28/h1-12,15H,13-14H2,(H,26,27,29). The van der Waals surface area contributed by atoms with Crippen LogP contribution >= 0.6 is 11.6 Å². The average Bonchev–Trinajstić information content (AvgIpc) is 3.24. The SMILES string of the molecule is O=C(Nc1ccc2ccccc2n1)c1ccc(Cl)c(S(=O)(=O)N2CCc3ccccc32)c1. The summed E-state index contributed by atoms with van der Waals surface area (Å²) in [7, 11) is -3.93. The predicted molar refractivity (Wildman–Crippen MR) is 126 cm³/mol. The summed E-state index contributed by atoms with van der Waals surface area (Å²) in [5, 5.41) is 3.75. The molecule has 1 amide bonds. The van der Waals surface area contributed by atoms with Gasteiger partial charge >= 0.3 is 0 Å². The Morgan fingerprint density at radius 2 is 1.75 bits per heavy atom. The Balaban J connectivity index is 1.46. The van der Waals surface area contributed by atoms with Gasteiger partial charge in [0.1, 0.15) is 10.7 Å². The number of halogens is 1. The lowest BCUT2D eigenvalue weighted by atomic mass is 10.2. The van der Waals surface area contributed by atoms with Crippen LogP contribution in [0.5, 0.6) is 0 Å². The molecule has 1 N–H and O–H groups in total. The van der Waals surface area contributed by atoms with E-state index in [-0.39, 0.29) is 15.5 Å². The maximum absolute atomic E-state index is 13.4. The molecule has 2 heterocycles. The third-order valence-electron chi connectivity index (χ3n) is 5.45. The second-order valence-electron chi connectivity index (χ2n) is 7.44. The first kappa shape index (κ1) is 20.5. The van der Waals surface area contributed by atoms with Crippen LogP contribution in [-0.2, 0) is 16.4 Å². The second-order valence-corrected chi connectivity index (χ2v) is 9.68. The molecule has 4 aromatic rings. The predicted octanol–water partition coefficient (Wildman–Crippen LogP) is 4.89. The number of nitrogens with one attached hydrogen (secondary N) is 1. The van der Waals surface area contributed by atoms with Crippen molar-refractivity contribution in [1.29, 1.82) is 0 Å². The second kappa shape index (κ2) is 7.93. The van der Waals surface area contributed by atoms with Gasteiger partial charge in [0.05, 0.1) is 16.2 Å². The zero-order valence-electron chi connectivity index (χ0n) is 16.8. The van der Waals surface area contributed by atoms with Crippen LogP contribution in [0.2, 0.25) is 5.02 Å². The molecular weight excluding hydrogens is 446 g/mol. The first-order valence-electron chi connectivity index (χ1n) is 10.0. The van der Waals surface area contributed by atoms with Crippen LogP contribution in [0.1, 0.15) is 15.9 Å². The van der Waals surface area contributed by atoms with E-state index >= 15 is 0 Å². The van der Waals surface area contributed by atoms with Gasteiger partial charge in [-0.2, -0.15) is 0 Å². The quantitative estimate of drug-likeness (QED) is 0.467. The van der Waals surface area contributed by atoms with Crippen LogP contribution in [0, 0.1) is 0 Å². The summed E-state index contributed by atoms with van der Waals surface area (Å²) in [5.41, 5.74) is 2.52. The normalized spacial score (nSPS) is 13.2. The number of nitrogens with zero attached hydrogens (tertiary/aromatic N) is 2. The highest BCUT2D eigenvalue weighted by Crippen LogP contribution is 2.35. The minimum absolute atomic E-state index is 0.0646. The number of amides is 1. The Morgan fingerprint density at radius 1 is 0.969 bits per heavy atom. The number of carbonyl (C=O) groups is 1. The minimum atomic E-state index is -3.93. The van der Waals surface area contributed by atoms with Gasteiger partial charge in [0, 0.05) is 17.5 Å². The molecule has 0 spiro atoms. The lowest BCUT2D eigenvalue weighted by Gasteiger charge is -2.20. The molecule has 160 valence electrons. The maximum Gasteiger partial charge on any atom is 0.265 e. The molecule has 3 aromatic carbocycles. The number of pyridine rings is 1. The van der Waals surface area contributed by atoms with Crippen LogP contribution in [0.4, 0.5) is 11.5 Å². The lowest BCUT2D eigenvalue weighted by Crippen LogP contribution is -2.29. The molecule has 0 radical (unpaired) electrons. The highest BCUT2D eigenvalue weighted by Gasteiger charge is 2.32. The van der Waals surface area contributed by atoms with Crippen molar-refractivity contribution >= 4 is 49.9 Å². The Hall–Kier alpha value is -3.42. The van der Waals surface area contributed by atoms with E-state index in [1.165, 1.54) is 22.5 Å². The van der Waals surface area contributed by atoms with Crippen molar-refractivity contribution in [1.82, 2.24) is 4.98 Å². The van der Waals surface area contributed by atoms with Crippen molar-refractivity contribution in [3.63, 3.8) is 0 Å². The molecule has 1 aliphatic rings. The number of carbonyl (C=O) groups excluding carboxylic acids is 1. The van der Waals surface area contributed by atoms with E-state index in [1.54, 1.807) is 18.2 Å². The number of aromatic nitrogens is 1. The topological polar surface area (TPSA) is 79.4 Å². The molecule has 0 saturated carbocycles. The van der Waals surface area contributed by atoms with Gasteiger partial charge < -0.3 is 5.32 Å². The van der Waals surface area contributed by atoms with Gasteiger partial charge in [-0.05, 0) is 54.4 Å². The lowest BCUT2D eigenvalue weighted by molar-refractivity contribution is 0.102. The fourth-order valence-corrected chi connectivity index (χ4v) is 5.85. The van der Waals surface area contributed by atoms with E-state index in [0.717, 1.165) is 16.5 Å². The first-order chi connectivity index (χ1) is 15.4. The summed E-state index contributed by atoms with van der Waals surface area (Å²) in [5.74, 6) is -0.0933. The van der Waals surface area contributed by atoms with Crippen LogP contribution in [0.25, 0.3) is 10.9 Å². The Kier molecular flexibility index (Phi) is 5.07. The Labute approximate surface area is 190 Å². The highest BCUT2D eigenvalue weighted by atomic mass is 35.5. The minimum Gasteiger partial charge on any atom is -0.307 e. The van der Waals surface area contributed by atoms with E-state index in [0.29, 0.717) is 24.5 Å². The van der Waals surface area contributed by atoms with Gasteiger partial charge in [0.2, 0.25) is 0 Å². The maximum atomic E-state index is 13.4.